The van der Waals surface area contributed by atoms with Crippen LogP contribution >= 0.6 is 0 Å². The molecule has 22 heavy (non-hydrogen) atoms. The number of carbonyl (C=O) groups is 4. The molecule has 3 amide bonds. The minimum absolute atomic E-state index is 0.0644. The molecule has 6 N–H and O–H groups in total. The summed E-state index contributed by atoms with van der Waals surface area (Å²) in [7, 11) is 0. The van der Waals surface area contributed by atoms with Crippen LogP contribution in [0.5, 0.6) is 0 Å². The smallest absolute Gasteiger partial charge is 0.238 e. The van der Waals surface area contributed by atoms with Gasteiger partial charge in [0.1, 0.15) is 0 Å². The van der Waals surface area contributed by atoms with Crippen molar-refractivity contribution in [1.29, 1.82) is 0 Å². The Labute approximate surface area is 130 Å². The number of nitrogens with two attached hydrogens (primary N) is 2. The predicted octanol–water partition coefficient (Wildman–Crippen LogP) is -1.19. The lowest BCUT2D eigenvalue weighted by Crippen LogP contribution is -2.54. The lowest BCUT2D eigenvalue weighted by Gasteiger charge is -2.24. The molecule has 0 aromatic heterocycles. The number of Topliss-reactive ketones (excluding diaryl/α,β-unsaturated/α-hetero) is 1. The van der Waals surface area contributed by atoms with E-state index >= 15 is 0 Å². The maximum atomic E-state index is 12.2. The first-order valence-electron chi connectivity index (χ1n) is 7.21. The summed E-state index contributed by atoms with van der Waals surface area (Å²) in [5.74, 6) is -2.56. The average Bonchev–Trinajstić information content (AvgIpc) is 2.34. The minimum Gasteiger partial charge on any atom is -0.370 e. The largest absolute Gasteiger partial charge is 0.370 e. The number of nitrogens with one attached hydrogen (secondary N) is 2. The van der Waals surface area contributed by atoms with Crippen molar-refractivity contribution >= 4 is 23.5 Å². The Hall–Kier alpha value is -1.96. The predicted molar refractivity (Wildman–Crippen MR) is 81.5 cm³/mol. The molecule has 0 rings (SSSR count). The van der Waals surface area contributed by atoms with Crippen molar-refractivity contribution < 1.29 is 19.2 Å². The van der Waals surface area contributed by atoms with Crippen molar-refractivity contribution in [3.63, 3.8) is 0 Å². The van der Waals surface area contributed by atoms with E-state index in [0.29, 0.717) is 0 Å². The zero-order valence-corrected chi connectivity index (χ0v) is 13.5. The fraction of sp³-hybridized carbons (Fsp3) is 0.714. The molecule has 0 aromatic carbocycles. The van der Waals surface area contributed by atoms with Gasteiger partial charge in [0.2, 0.25) is 17.7 Å². The van der Waals surface area contributed by atoms with Crippen LogP contribution in [-0.2, 0) is 19.2 Å². The zero-order chi connectivity index (χ0) is 17.4. The van der Waals surface area contributed by atoms with Crippen molar-refractivity contribution in [2.24, 2.45) is 17.4 Å². The first-order chi connectivity index (χ1) is 10.0. The second kappa shape index (κ2) is 9.14. The third-order valence-corrected chi connectivity index (χ3v) is 2.89. The summed E-state index contributed by atoms with van der Waals surface area (Å²) in [5.41, 5.74) is 10.2. The number of ketones is 1. The summed E-state index contributed by atoms with van der Waals surface area (Å²) in [4.78, 5) is 46.4. The van der Waals surface area contributed by atoms with Crippen LogP contribution in [0.25, 0.3) is 0 Å². The van der Waals surface area contributed by atoms with Crippen LogP contribution in [-0.4, -0.2) is 41.6 Å². The molecule has 0 aromatic rings. The van der Waals surface area contributed by atoms with Gasteiger partial charge in [0.05, 0.1) is 24.9 Å². The Kier molecular flexibility index (Phi) is 8.32. The molecule has 0 aliphatic rings. The van der Waals surface area contributed by atoms with Crippen LogP contribution < -0.4 is 22.1 Å². The van der Waals surface area contributed by atoms with Crippen LogP contribution in [0.3, 0.4) is 0 Å². The molecule has 0 radical (unpaired) electrons. The Bertz CT molecular complexity index is 435. The Morgan fingerprint density at radius 3 is 1.68 bits per heavy atom. The van der Waals surface area contributed by atoms with E-state index in [1.165, 1.54) is 0 Å². The minimum atomic E-state index is -1.01. The van der Waals surface area contributed by atoms with Gasteiger partial charge >= 0.3 is 0 Å². The molecule has 8 nitrogen and oxygen atoms in total. The first kappa shape index (κ1) is 20.0. The van der Waals surface area contributed by atoms with Crippen molar-refractivity contribution in [3.8, 4) is 0 Å². The summed E-state index contributed by atoms with van der Waals surface area (Å²) in [6.45, 7) is 6.94. The number of hydrogen-bond acceptors (Lipinski definition) is 5. The molecule has 2 atom stereocenters. The summed E-state index contributed by atoms with van der Waals surface area (Å²) in [6, 6.07) is -1.94. The zero-order valence-electron chi connectivity index (χ0n) is 13.5. The molecule has 0 unspecified atom stereocenters. The van der Waals surface area contributed by atoms with E-state index in [-0.39, 0.29) is 30.6 Å². The van der Waals surface area contributed by atoms with Crippen LogP contribution in [0, 0.1) is 5.92 Å². The molecule has 126 valence electrons. The molecule has 0 aliphatic heterocycles. The standard InChI is InChI=1S/C14H26N4O4/c1-7(2)13(21)9(5-11(15)19)18-14(22)10(6-12(16)20)17-8(3)4/h7-10,17H,5-6H2,1-4H3,(H2,15,19)(H2,16,20)(H,18,22)/t9-,10-/m0/s1. The number of primary amides is 2. The highest BCUT2D eigenvalue weighted by Gasteiger charge is 2.29. The number of hydrogen-bond donors (Lipinski definition) is 4. The lowest BCUT2D eigenvalue weighted by molar-refractivity contribution is -0.133. The molecule has 0 fully saturated rings. The number of rotatable bonds is 10. The highest BCUT2D eigenvalue weighted by Crippen LogP contribution is 2.05. The average molecular weight is 314 g/mol. The van der Waals surface area contributed by atoms with Gasteiger partial charge in [0.15, 0.2) is 5.78 Å². The van der Waals surface area contributed by atoms with Crippen molar-refractivity contribution in [2.45, 2.75) is 58.7 Å². The van der Waals surface area contributed by atoms with Gasteiger partial charge in [-0.1, -0.05) is 27.7 Å². The summed E-state index contributed by atoms with van der Waals surface area (Å²) < 4.78 is 0. The topological polar surface area (TPSA) is 144 Å². The molecule has 0 saturated heterocycles. The Morgan fingerprint density at radius 1 is 0.864 bits per heavy atom. The van der Waals surface area contributed by atoms with E-state index < -0.39 is 29.8 Å². The van der Waals surface area contributed by atoms with Gasteiger partial charge in [0, 0.05) is 12.0 Å². The van der Waals surface area contributed by atoms with E-state index in [9.17, 15) is 19.2 Å². The van der Waals surface area contributed by atoms with Gasteiger partial charge in [-0.2, -0.15) is 0 Å². The second-order valence-electron chi connectivity index (χ2n) is 5.83. The van der Waals surface area contributed by atoms with Gasteiger partial charge in [-0.05, 0) is 0 Å². The summed E-state index contributed by atoms with van der Waals surface area (Å²) >= 11 is 0. The molecule has 0 heterocycles. The highest BCUT2D eigenvalue weighted by molar-refractivity contribution is 5.95. The van der Waals surface area contributed by atoms with Gasteiger partial charge in [-0.3, -0.25) is 19.2 Å². The molecule has 8 heteroatoms. The molecular formula is C14H26N4O4. The monoisotopic (exact) mass is 314 g/mol. The molecule has 0 aliphatic carbocycles. The van der Waals surface area contributed by atoms with Gasteiger partial charge in [0.25, 0.3) is 0 Å². The van der Waals surface area contributed by atoms with Gasteiger partial charge < -0.3 is 22.1 Å². The third-order valence-electron chi connectivity index (χ3n) is 2.89. The van der Waals surface area contributed by atoms with Gasteiger partial charge in [-0.15, -0.1) is 0 Å². The van der Waals surface area contributed by atoms with Crippen LogP contribution in [0.1, 0.15) is 40.5 Å². The summed E-state index contributed by atoms with van der Waals surface area (Å²) in [5, 5.41) is 5.38. The van der Waals surface area contributed by atoms with Crippen molar-refractivity contribution in [1.82, 2.24) is 10.6 Å². The number of carbonyl (C=O) groups excluding carboxylic acids is 4. The second-order valence-corrected chi connectivity index (χ2v) is 5.83. The fourth-order valence-electron chi connectivity index (χ4n) is 1.93. The molecule has 0 saturated carbocycles. The van der Waals surface area contributed by atoms with Gasteiger partial charge in [-0.25, -0.2) is 0 Å². The van der Waals surface area contributed by atoms with Crippen LogP contribution in [0.15, 0.2) is 0 Å². The maximum absolute atomic E-state index is 12.2. The Morgan fingerprint density at radius 2 is 1.32 bits per heavy atom. The molecule has 0 bridgehead atoms. The quantitative estimate of drug-likeness (QED) is 0.401. The Balaban J connectivity index is 5.04. The van der Waals surface area contributed by atoms with Crippen molar-refractivity contribution in [2.75, 3.05) is 0 Å². The van der Waals surface area contributed by atoms with E-state index in [1.54, 1.807) is 27.7 Å². The van der Waals surface area contributed by atoms with E-state index in [4.69, 9.17) is 11.5 Å². The van der Waals surface area contributed by atoms with Crippen LogP contribution in [0.4, 0.5) is 0 Å². The van der Waals surface area contributed by atoms with E-state index in [0.717, 1.165) is 0 Å². The normalized spacial score (nSPS) is 13.7. The third kappa shape index (κ3) is 7.72. The highest BCUT2D eigenvalue weighted by atomic mass is 16.2. The number of amides is 3. The maximum Gasteiger partial charge on any atom is 0.238 e. The first-order valence-corrected chi connectivity index (χ1v) is 7.21. The van der Waals surface area contributed by atoms with Crippen LogP contribution in [0.2, 0.25) is 0 Å². The SMILES string of the molecule is CC(C)N[C@@H](CC(N)=O)C(=O)N[C@@H](CC(N)=O)C(=O)C(C)C. The molecular weight excluding hydrogens is 288 g/mol. The lowest BCUT2D eigenvalue weighted by atomic mass is 9.98. The summed E-state index contributed by atoms with van der Waals surface area (Å²) in [6.07, 6.45) is -0.489. The molecule has 0 spiro atoms. The van der Waals surface area contributed by atoms with Crippen molar-refractivity contribution in [3.05, 3.63) is 0 Å². The van der Waals surface area contributed by atoms with E-state index in [2.05, 4.69) is 10.6 Å². The van der Waals surface area contributed by atoms with E-state index in [1.807, 2.05) is 0 Å². The fourth-order valence-corrected chi connectivity index (χ4v) is 1.93.